The van der Waals surface area contributed by atoms with Crippen molar-refractivity contribution in [3.63, 3.8) is 0 Å². The van der Waals surface area contributed by atoms with E-state index in [9.17, 15) is 0 Å². The Bertz CT molecular complexity index is 162. The average Bonchev–Trinajstić information content (AvgIpc) is 2.41. The fraction of sp³-hybridized carbons (Fsp3) is 1.00. The van der Waals surface area contributed by atoms with E-state index in [2.05, 4.69) is 27.7 Å². The van der Waals surface area contributed by atoms with Crippen LogP contribution in [0.25, 0.3) is 0 Å². The third-order valence-electron chi connectivity index (χ3n) is 4.37. The van der Waals surface area contributed by atoms with Crippen molar-refractivity contribution in [2.24, 2.45) is 0 Å². The molecule has 0 spiro atoms. The van der Waals surface area contributed by atoms with Gasteiger partial charge in [0, 0.05) is 7.26 Å². The number of unbranched alkanes of at least 4 members (excludes halogenated alkanes) is 6. The molecule has 0 aliphatic heterocycles. The summed E-state index contributed by atoms with van der Waals surface area (Å²) < 4.78 is 0. The standard InChI is InChI=1S/C18H40P.HI/c1-5-9-11-13-17-19(15-7-3,16-8-4)18-14-12-10-6-2;/h5-18H2,1-4H3;1H/q+1;/p-1. The van der Waals surface area contributed by atoms with Gasteiger partial charge in [-0.2, -0.15) is 0 Å². The third-order valence-corrected chi connectivity index (χ3v) is 9.69. The molecule has 0 bridgehead atoms. The molecule has 0 rings (SSSR count). The van der Waals surface area contributed by atoms with Crippen molar-refractivity contribution >= 4 is 7.26 Å². The largest absolute Gasteiger partial charge is 1.00 e. The zero-order chi connectivity index (χ0) is 14.4. The average molecular weight is 414 g/mol. The monoisotopic (exact) mass is 414 g/mol. The molecular formula is C18H40IP. The molecule has 0 aliphatic rings. The van der Waals surface area contributed by atoms with Gasteiger partial charge in [0.15, 0.2) is 0 Å². The van der Waals surface area contributed by atoms with Crippen LogP contribution in [-0.4, -0.2) is 24.6 Å². The van der Waals surface area contributed by atoms with Gasteiger partial charge in [0.1, 0.15) is 0 Å². The molecule has 124 valence electrons. The van der Waals surface area contributed by atoms with Crippen LogP contribution >= 0.6 is 7.26 Å². The number of rotatable bonds is 14. The maximum atomic E-state index is 2.41. The van der Waals surface area contributed by atoms with Gasteiger partial charge in [-0.15, -0.1) is 0 Å². The van der Waals surface area contributed by atoms with Gasteiger partial charge < -0.3 is 24.0 Å². The number of halogens is 1. The van der Waals surface area contributed by atoms with Crippen LogP contribution in [0, 0.1) is 0 Å². The Hall–Kier alpha value is 1.16. The highest BCUT2D eigenvalue weighted by atomic mass is 127. The van der Waals surface area contributed by atoms with Crippen LogP contribution in [0.4, 0.5) is 0 Å². The topological polar surface area (TPSA) is 0 Å². The molecular weight excluding hydrogens is 374 g/mol. The molecule has 0 aromatic heterocycles. The Morgan fingerprint density at radius 2 is 0.850 bits per heavy atom. The smallest absolute Gasteiger partial charge is 0.0594 e. The van der Waals surface area contributed by atoms with E-state index < -0.39 is 7.26 Å². The SMILES string of the molecule is CCCCCC[P+](CCC)(CCC)CCCCCC.[I-]. The fourth-order valence-corrected chi connectivity index (χ4v) is 8.40. The highest BCUT2D eigenvalue weighted by Crippen LogP contribution is 2.61. The van der Waals surface area contributed by atoms with Crippen molar-refractivity contribution in [1.82, 2.24) is 0 Å². The quantitative estimate of drug-likeness (QED) is 0.229. The lowest BCUT2D eigenvalue weighted by molar-refractivity contribution is -0.00000449. The normalized spacial score (nSPS) is 11.4. The van der Waals surface area contributed by atoms with E-state index in [0.717, 1.165) is 0 Å². The van der Waals surface area contributed by atoms with E-state index >= 15 is 0 Å². The highest BCUT2D eigenvalue weighted by Gasteiger charge is 2.33. The zero-order valence-corrected chi connectivity index (χ0v) is 17.8. The van der Waals surface area contributed by atoms with Gasteiger partial charge in [-0.3, -0.25) is 0 Å². The third kappa shape index (κ3) is 11.8. The highest BCUT2D eigenvalue weighted by molar-refractivity contribution is 7.75. The van der Waals surface area contributed by atoms with Crippen molar-refractivity contribution in [2.75, 3.05) is 24.6 Å². The molecule has 0 saturated carbocycles. The lowest BCUT2D eigenvalue weighted by atomic mass is 10.2. The minimum atomic E-state index is -0.577. The molecule has 0 amide bonds. The summed E-state index contributed by atoms with van der Waals surface area (Å²) in [6.07, 6.45) is 20.9. The molecule has 0 fully saturated rings. The Morgan fingerprint density at radius 1 is 0.450 bits per heavy atom. The predicted octanol–water partition coefficient (Wildman–Crippen LogP) is 3.99. The summed E-state index contributed by atoms with van der Waals surface area (Å²) in [6.45, 7) is 9.46. The molecule has 20 heavy (non-hydrogen) atoms. The van der Waals surface area contributed by atoms with Gasteiger partial charge >= 0.3 is 0 Å². The molecule has 0 aliphatic carbocycles. The van der Waals surface area contributed by atoms with Crippen molar-refractivity contribution in [2.45, 2.75) is 91.9 Å². The number of hydrogen-bond donors (Lipinski definition) is 0. The van der Waals surface area contributed by atoms with Gasteiger partial charge in [-0.25, -0.2) is 0 Å². The van der Waals surface area contributed by atoms with Gasteiger partial charge in [0.05, 0.1) is 24.6 Å². The Balaban J connectivity index is 0. The van der Waals surface area contributed by atoms with E-state index in [0.29, 0.717) is 0 Å². The minimum Gasteiger partial charge on any atom is -1.00 e. The summed E-state index contributed by atoms with van der Waals surface area (Å²) in [5, 5.41) is 0. The summed E-state index contributed by atoms with van der Waals surface area (Å²) in [5.41, 5.74) is 0. The van der Waals surface area contributed by atoms with Crippen molar-refractivity contribution in [3.05, 3.63) is 0 Å². The summed E-state index contributed by atoms with van der Waals surface area (Å²) in [5.74, 6) is 0. The van der Waals surface area contributed by atoms with E-state index in [1.54, 1.807) is 24.6 Å². The molecule has 0 atom stereocenters. The van der Waals surface area contributed by atoms with Crippen LogP contribution in [-0.2, 0) is 0 Å². The lowest BCUT2D eigenvalue weighted by Gasteiger charge is -2.27. The van der Waals surface area contributed by atoms with Crippen LogP contribution in [0.2, 0.25) is 0 Å². The van der Waals surface area contributed by atoms with Crippen LogP contribution in [0.15, 0.2) is 0 Å². The van der Waals surface area contributed by atoms with Gasteiger partial charge in [0.25, 0.3) is 0 Å². The zero-order valence-electron chi connectivity index (χ0n) is 14.7. The van der Waals surface area contributed by atoms with Gasteiger partial charge in [-0.05, 0) is 38.5 Å². The Morgan fingerprint density at radius 3 is 1.15 bits per heavy atom. The fourth-order valence-electron chi connectivity index (χ4n) is 3.37. The summed E-state index contributed by atoms with van der Waals surface area (Å²) in [7, 11) is -0.577. The Labute approximate surface area is 147 Å². The van der Waals surface area contributed by atoms with Crippen LogP contribution in [0.5, 0.6) is 0 Å². The van der Waals surface area contributed by atoms with E-state index in [1.165, 1.54) is 64.2 Å². The summed E-state index contributed by atoms with van der Waals surface area (Å²) >= 11 is 0. The molecule has 0 heterocycles. The molecule has 0 aromatic carbocycles. The minimum absolute atomic E-state index is 0. The van der Waals surface area contributed by atoms with Crippen molar-refractivity contribution in [1.29, 1.82) is 0 Å². The first-order valence-electron chi connectivity index (χ1n) is 9.09. The first-order valence-corrected chi connectivity index (χ1v) is 11.6. The van der Waals surface area contributed by atoms with Crippen LogP contribution in [0.1, 0.15) is 91.9 Å². The van der Waals surface area contributed by atoms with Gasteiger partial charge in [-0.1, -0.05) is 53.4 Å². The first-order chi connectivity index (χ1) is 9.24. The van der Waals surface area contributed by atoms with Gasteiger partial charge in [0.2, 0.25) is 0 Å². The summed E-state index contributed by atoms with van der Waals surface area (Å²) in [6, 6.07) is 0. The van der Waals surface area contributed by atoms with Crippen molar-refractivity contribution in [3.8, 4) is 0 Å². The molecule has 0 saturated heterocycles. The summed E-state index contributed by atoms with van der Waals surface area (Å²) in [4.78, 5) is 0. The van der Waals surface area contributed by atoms with E-state index in [4.69, 9.17) is 0 Å². The van der Waals surface area contributed by atoms with Crippen LogP contribution < -0.4 is 24.0 Å². The predicted molar refractivity (Wildman–Crippen MR) is 95.3 cm³/mol. The first kappa shape index (κ1) is 23.4. The second kappa shape index (κ2) is 16.5. The number of hydrogen-bond acceptors (Lipinski definition) is 0. The molecule has 0 unspecified atom stereocenters. The van der Waals surface area contributed by atoms with E-state index in [-0.39, 0.29) is 24.0 Å². The molecule has 0 radical (unpaired) electrons. The maximum Gasteiger partial charge on any atom is 0.0594 e. The second-order valence-corrected chi connectivity index (χ2v) is 10.8. The molecule has 0 N–H and O–H groups in total. The molecule has 0 aromatic rings. The second-order valence-electron chi connectivity index (χ2n) is 6.36. The Kier molecular flexibility index (Phi) is 19.4. The van der Waals surface area contributed by atoms with E-state index in [1.807, 2.05) is 0 Å². The maximum absolute atomic E-state index is 2.41. The van der Waals surface area contributed by atoms with Crippen LogP contribution in [0.3, 0.4) is 0 Å². The lowest BCUT2D eigenvalue weighted by Crippen LogP contribution is -3.00. The van der Waals surface area contributed by atoms with Crippen molar-refractivity contribution < 1.29 is 24.0 Å². The molecule has 2 heteroatoms. The molecule has 0 nitrogen and oxygen atoms in total.